The van der Waals surface area contributed by atoms with Crippen molar-refractivity contribution in [2.45, 2.75) is 0 Å². The van der Waals surface area contributed by atoms with Gasteiger partial charge in [0.25, 0.3) is 0 Å². The summed E-state index contributed by atoms with van der Waals surface area (Å²) in [5.74, 6) is 0.305. The monoisotopic (exact) mass is 293 g/mol. The number of furan rings is 1. The fourth-order valence-corrected chi connectivity index (χ4v) is 2.34. The van der Waals surface area contributed by atoms with Gasteiger partial charge >= 0.3 is 0 Å². The maximum atomic E-state index is 9.46. The first-order valence-corrected chi connectivity index (χ1v) is 6.59. The van der Waals surface area contributed by atoms with Gasteiger partial charge in [-0.1, -0.05) is 0 Å². The van der Waals surface area contributed by atoms with Crippen molar-refractivity contribution in [1.82, 2.24) is 20.4 Å². The highest BCUT2D eigenvalue weighted by Gasteiger charge is 2.10. The summed E-state index contributed by atoms with van der Waals surface area (Å²) in [7, 11) is 0. The topological polar surface area (TPSA) is 99.3 Å². The molecule has 3 N–H and O–H groups in total. The number of aromatic amines is 1. The van der Waals surface area contributed by atoms with E-state index in [2.05, 4.69) is 25.4 Å². The van der Waals surface area contributed by atoms with E-state index in [-0.39, 0.29) is 0 Å². The minimum Gasteiger partial charge on any atom is -0.464 e. The Labute approximate surface area is 124 Å². The molecule has 3 aromatic heterocycles. The van der Waals surface area contributed by atoms with Gasteiger partial charge in [-0.25, -0.2) is 15.0 Å². The van der Waals surface area contributed by atoms with E-state index in [9.17, 15) is 5.21 Å². The van der Waals surface area contributed by atoms with Crippen LogP contribution in [0, 0.1) is 0 Å². The largest absolute Gasteiger partial charge is 0.464 e. The van der Waals surface area contributed by atoms with Crippen molar-refractivity contribution < 1.29 is 9.62 Å². The number of nitrogens with zero attached hydrogens (tertiary/aromatic N) is 3. The predicted molar refractivity (Wildman–Crippen MR) is 81.2 cm³/mol. The van der Waals surface area contributed by atoms with Crippen LogP contribution in [-0.2, 0) is 0 Å². The van der Waals surface area contributed by atoms with Crippen LogP contribution in [0.5, 0.6) is 0 Å². The van der Waals surface area contributed by atoms with Crippen LogP contribution in [0.4, 0.5) is 5.69 Å². The second-order valence-electron chi connectivity index (χ2n) is 4.67. The van der Waals surface area contributed by atoms with Gasteiger partial charge in [-0.3, -0.25) is 10.7 Å². The highest BCUT2D eigenvalue weighted by Crippen LogP contribution is 2.23. The zero-order chi connectivity index (χ0) is 14.9. The Bertz CT molecular complexity index is 986. The lowest BCUT2D eigenvalue weighted by molar-refractivity contribution is 0.235. The smallest absolute Gasteiger partial charge is 0.178 e. The van der Waals surface area contributed by atoms with Crippen molar-refractivity contribution in [3.63, 3.8) is 0 Å². The molecule has 0 aliphatic heterocycles. The van der Waals surface area contributed by atoms with E-state index in [1.165, 1.54) is 0 Å². The second-order valence-corrected chi connectivity index (χ2v) is 4.67. The molecule has 7 nitrogen and oxygen atoms in total. The van der Waals surface area contributed by atoms with Crippen LogP contribution in [0.3, 0.4) is 0 Å². The normalized spacial score (nSPS) is 12.1. The van der Waals surface area contributed by atoms with Crippen LogP contribution in [0.2, 0.25) is 0 Å². The lowest BCUT2D eigenvalue weighted by Crippen LogP contribution is -2.20. The third kappa shape index (κ3) is 2.00. The Morgan fingerprint density at radius 1 is 1.23 bits per heavy atom. The molecular weight excluding hydrogens is 282 g/mol. The Kier molecular flexibility index (Phi) is 2.84. The number of hydrogen-bond acceptors (Lipinski definition) is 5. The number of nitrogens with one attached hydrogen (secondary N) is 2. The van der Waals surface area contributed by atoms with Crippen LogP contribution >= 0.6 is 0 Å². The van der Waals surface area contributed by atoms with Crippen molar-refractivity contribution in [3.05, 3.63) is 54.7 Å². The molecule has 0 aliphatic carbocycles. The zero-order valence-corrected chi connectivity index (χ0v) is 11.3. The first kappa shape index (κ1) is 12.5. The van der Waals surface area contributed by atoms with E-state index in [4.69, 9.17) is 4.42 Å². The number of pyridine rings is 1. The summed E-state index contributed by atoms with van der Waals surface area (Å²) in [6.45, 7) is 0. The maximum absolute atomic E-state index is 9.46. The molecule has 0 amide bonds. The molecule has 4 rings (SSSR count). The molecule has 0 bridgehead atoms. The highest BCUT2D eigenvalue weighted by atomic mass is 16.5. The minimum absolute atomic E-state index is 0.305. The number of H-pyrrole nitrogens is 1. The Balaban J connectivity index is 1.85. The van der Waals surface area contributed by atoms with E-state index >= 15 is 0 Å². The fourth-order valence-electron chi connectivity index (χ4n) is 2.34. The summed E-state index contributed by atoms with van der Waals surface area (Å²) in [4.78, 5) is 15.7. The van der Waals surface area contributed by atoms with Crippen LogP contribution in [0.15, 0.2) is 58.5 Å². The van der Waals surface area contributed by atoms with Crippen LogP contribution < -0.4 is 5.48 Å². The van der Waals surface area contributed by atoms with E-state index < -0.39 is 0 Å². The van der Waals surface area contributed by atoms with E-state index in [0.717, 1.165) is 11.0 Å². The van der Waals surface area contributed by atoms with E-state index in [0.29, 0.717) is 28.3 Å². The maximum Gasteiger partial charge on any atom is 0.178 e. The van der Waals surface area contributed by atoms with Gasteiger partial charge in [0, 0.05) is 17.1 Å². The third-order valence-corrected chi connectivity index (χ3v) is 3.36. The minimum atomic E-state index is 0.305. The predicted octanol–water partition coefficient (Wildman–Crippen LogP) is 2.76. The zero-order valence-electron chi connectivity index (χ0n) is 11.3. The molecule has 7 heteroatoms. The van der Waals surface area contributed by atoms with Crippen molar-refractivity contribution >= 4 is 33.7 Å². The number of benzene rings is 1. The number of hydroxylamine groups is 1. The van der Waals surface area contributed by atoms with Crippen molar-refractivity contribution in [1.29, 1.82) is 0 Å². The van der Waals surface area contributed by atoms with E-state index in [1.807, 2.05) is 24.3 Å². The summed E-state index contributed by atoms with van der Waals surface area (Å²) in [6.07, 6.45) is 4.79. The Morgan fingerprint density at radius 2 is 2.18 bits per heavy atom. The highest BCUT2D eigenvalue weighted by molar-refractivity contribution is 6.07. The van der Waals surface area contributed by atoms with E-state index in [1.54, 1.807) is 24.9 Å². The van der Waals surface area contributed by atoms with Crippen molar-refractivity contribution in [3.8, 4) is 0 Å². The number of hydrogen-bond donors (Lipinski definition) is 3. The van der Waals surface area contributed by atoms with Crippen molar-refractivity contribution in [2.24, 2.45) is 4.99 Å². The lowest BCUT2D eigenvalue weighted by Gasteiger charge is -2.06. The Hall–Kier alpha value is -3.19. The number of amidine groups is 1. The first-order chi connectivity index (χ1) is 10.8. The summed E-state index contributed by atoms with van der Waals surface area (Å²) in [5.41, 5.74) is 5.56. The number of imidazole rings is 1. The molecule has 0 saturated heterocycles. The average molecular weight is 293 g/mol. The van der Waals surface area contributed by atoms with Gasteiger partial charge in [0.15, 0.2) is 11.5 Å². The van der Waals surface area contributed by atoms with Gasteiger partial charge in [-0.05, 0) is 30.3 Å². The molecule has 108 valence electrons. The number of aliphatic imine (C=N–C) groups is 1. The van der Waals surface area contributed by atoms with Crippen LogP contribution in [0.1, 0.15) is 5.56 Å². The molecule has 22 heavy (non-hydrogen) atoms. The Morgan fingerprint density at radius 3 is 3.09 bits per heavy atom. The average Bonchev–Trinajstić information content (AvgIpc) is 3.20. The van der Waals surface area contributed by atoms with Gasteiger partial charge in [-0.2, -0.15) is 0 Å². The summed E-state index contributed by atoms with van der Waals surface area (Å²) >= 11 is 0. The lowest BCUT2D eigenvalue weighted by atomic mass is 10.2. The number of aromatic nitrogens is 3. The van der Waals surface area contributed by atoms with Gasteiger partial charge in [-0.15, -0.1) is 0 Å². The van der Waals surface area contributed by atoms with Crippen molar-refractivity contribution in [2.75, 3.05) is 0 Å². The molecule has 0 fully saturated rings. The number of fused-ring (bicyclic) bond motifs is 2. The first-order valence-electron chi connectivity index (χ1n) is 6.59. The fraction of sp³-hybridized carbons (Fsp3) is 0. The van der Waals surface area contributed by atoms with Gasteiger partial charge in [0.1, 0.15) is 5.58 Å². The molecule has 0 saturated carbocycles. The molecular formula is C15H11N5O2. The molecule has 0 aliphatic rings. The second kappa shape index (κ2) is 4.97. The van der Waals surface area contributed by atoms with Gasteiger partial charge < -0.3 is 9.40 Å². The molecule has 4 aromatic rings. The molecule has 0 atom stereocenters. The quantitative estimate of drug-likeness (QED) is 0.300. The standard InChI is InChI=1S/C15H11N5O2/c21-20-14(11-3-5-16-15-13(11)17-8-18-15)19-10-1-2-12-9(7-10)4-6-22-12/h1-8,21H,(H,19,20)(H,16,17,18). The molecule has 0 unspecified atom stereocenters. The molecule has 3 heterocycles. The summed E-state index contributed by atoms with van der Waals surface area (Å²) in [6, 6.07) is 9.14. The molecule has 0 spiro atoms. The van der Waals surface area contributed by atoms with Crippen LogP contribution in [-0.4, -0.2) is 26.0 Å². The molecule has 1 aromatic carbocycles. The van der Waals surface area contributed by atoms with Gasteiger partial charge in [0.05, 0.1) is 23.8 Å². The summed E-state index contributed by atoms with van der Waals surface area (Å²) < 4.78 is 5.30. The molecule has 0 radical (unpaired) electrons. The third-order valence-electron chi connectivity index (χ3n) is 3.36. The van der Waals surface area contributed by atoms with Gasteiger partial charge in [0.2, 0.25) is 0 Å². The summed E-state index contributed by atoms with van der Waals surface area (Å²) in [5, 5.41) is 10.4. The van der Waals surface area contributed by atoms with Crippen LogP contribution in [0.25, 0.3) is 22.1 Å². The number of rotatable bonds is 2. The SMILES string of the molecule is ONC(=Nc1ccc2occc2c1)c1ccnc2nc[nH]c12.